The third kappa shape index (κ3) is 7.68. The minimum atomic E-state index is -0.168. The van der Waals surface area contributed by atoms with Crippen LogP contribution in [0.1, 0.15) is 30.9 Å². The summed E-state index contributed by atoms with van der Waals surface area (Å²) in [5, 5.41) is 14.5. The van der Waals surface area contributed by atoms with Gasteiger partial charge in [0.2, 0.25) is 0 Å². The van der Waals surface area contributed by atoms with E-state index in [2.05, 4.69) is 27.7 Å². The summed E-state index contributed by atoms with van der Waals surface area (Å²) in [6, 6.07) is 8.11. The zero-order chi connectivity index (χ0) is 15.7. The predicted octanol–water partition coefficient (Wildman–Crippen LogP) is 1.71. The number of hydrogen-bond donors (Lipinski definition) is 3. The molecule has 0 bridgehead atoms. The van der Waals surface area contributed by atoms with Crippen LogP contribution in [-0.2, 0) is 13.1 Å². The summed E-state index contributed by atoms with van der Waals surface area (Å²) >= 11 is 0. The van der Waals surface area contributed by atoms with Crippen LogP contribution < -0.4 is 10.6 Å². The number of carbonyl (C=O) groups is 1. The Morgan fingerprint density at radius 2 is 2.05 bits per heavy atom. The second-order valence-corrected chi connectivity index (χ2v) is 5.65. The normalized spacial score (nSPS) is 12.2. The van der Waals surface area contributed by atoms with Crippen molar-refractivity contribution in [3.05, 3.63) is 35.4 Å². The lowest BCUT2D eigenvalue weighted by molar-refractivity contribution is 0.234. The van der Waals surface area contributed by atoms with Crippen LogP contribution in [0.4, 0.5) is 4.79 Å². The Morgan fingerprint density at radius 3 is 2.71 bits per heavy atom. The van der Waals surface area contributed by atoms with Crippen molar-refractivity contribution in [3.8, 4) is 0 Å². The summed E-state index contributed by atoms with van der Waals surface area (Å²) in [6.45, 7) is 3.50. The lowest BCUT2D eigenvalue weighted by Crippen LogP contribution is -2.40. The van der Waals surface area contributed by atoms with Crippen molar-refractivity contribution in [3.63, 3.8) is 0 Å². The number of hydrogen-bond acceptors (Lipinski definition) is 3. The molecule has 1 atom stereocenters. The maximum absolute atomic E-state index is 11.8. The first-order valence-electron chi connectivity index (χ1n) is 7.39. The molecule has 0 fully saturated rings. The van der Waals surface area contributed by atoms with Crippen LogP contribution in [0.2, 0.25) is 0 Å². The van der Waals surface area contributed by atoms with E-state index < -0.39 is 0 Å². The number of carbonyl (C=O) groups excluding carboxylic acids is 1. The standard InChI is InChI=1S/C16H27N3O2/c1-13(6-5-9-20)18-16(21)17-11-14-7-4-8-15(10-14)12-19(2)3/h4,7-8,10,13,20H,5-6,9,11-12H2,1-3H3,(H2,17,18,21). The van der Waals surface area contributed by atoms with Crippen molar-refractivity contribution in [2.45, 2.75) is 38.9 Å². The molecular formula is C16H27N3O2. The van der Waals surface area contributed by atoms with Crippen LogP contribution in [0.5, 0.6) is 0 Å². The molecular weight excluding hydrogens is 266 g/mol. The average Bonchev–Trinajstić information content (AvgIpc) is 2.42. The van der Waals surface area contributed by atoms with Gasteiger partial charge in [0.05, 0.1) is 0 Å². The van der Waals surface area contributed by atoms with Crippen LogP contribution in [0.15, 0.2) is 24.3 Å². The highest BCUT2D eigenvalue weighted by Crippen LogP contribution is 2.07. The number of rotatable bonds is 8. The van der Waals surface area contributed by atoms with E-state index >= 15 is 0 Å². The predicted molar refractivity (Wildman–Crippen MR) is 85.0 cm³/mol. The maximum atomic E-state index is 11.8. The first kappa shape index (κ1) is 17.5. The molecule has 0 saturated carbocycles. The van der Waals surface area contributed by atoms with E-state index in [0.29, 0.717) is 13.0 Å². The van der Waals surface area contributed by atoms with Gasteiger partial charge in [0.25, 0.3) is 0 Å². The maximum Gasteiger partial charge on any atom is 0.315 e. The zero-order valence-electron chi connectivity index (χ0n) is 13.2. The van der Waals surface area contributed by atoms with Gasteiger partial charge in [-0.2, -0.15) is 0 Å². The second-order valence-electron chi connectivity index (χ2n) is 5.65. The fourth-order valence-electron chi connectivity index (χ4n) is 2.13. The number of nitrogens with zero attached hydrogens (tertiary/aromatic N) is 1. The molecule has 1 unspecified atom stereocenters. The smallest absolute Gasteiger partial charge is 0.315 e. The largest absolute Gasteiger partial charge is 0.396 e. The Labute approximate surface area is 127 Å². The molecule has 1 rings (SSSR count). The number of aliphatic hydroxyl groups excluding tert-OH is 1. The molecule has 5 heteroatoms. The Bertz CT molecular complexity index is 435. The molecule has 21 heavy (non-hydrogen) atoms. The van der Waals surface area contributed by atoms with Crippen LogP contribution in [0.25, 0.3) is 0 Å². The Balaban J connectivity index is 2.38. The molecule has 0 saturated heterocycles. The van der Waals surface area contributed by atoms with E-state index in [0.717, 1.165) is 18.5 Å². The Morgan fingerprint density at radius 1 is 1.33 bits per heavy atom. The fourth-order valence-corrected chi connectivity index (χ4v) is 2.13. The van der Waals surface area contributed by atoms with Crippen molar-refractivity contribution in [2.24, 2.45) is 0 Å². The SMILES string of the molecule is CC(CCCO)NC(=O)NCc1cccc(CN(C)C)c1. The minimum Gasteiger partial charge on any atom is -0.396 e. The number of urea groups is 1. The van der Waals surface area contributed by atoms with E-state index in [1.54, 1.807) is 0 Å². The quantitative estimate of drug-likeness (QED) is 0.683. The zero-order valence-corrected chi connectivity index (χ0v) is 13.2. The highest BCUT2D eigenvalue weighted by atomic mass is 16.3. The summed E-state index contributed by atoms with van der Waals surface area (Å²) in [5.74, 6) is 0. The van der Waals surface area contributed by atoms with Crippen LogP contribution in [0.3, 0.4) is 0 Å². The van der Waals surface area contributed by atoms with E-state index in [4.69, 9.17) is 5.11 Å². The topological polar surface area (TPSA) is 64.6 Å². The molecule has 2 amide bonds. The third-order valence-corrected chi connectivity index (χ3v) is 3.12. The number of benzene rings is 1. The summed E-state index contributed by atoms with van der Waals surface area (Å²) in [4.78, 5) is 13.9. The van der Waals surface area contributed by atoms with Crippen LogP contribution >= 0.6 is 0 Å². The lowest BCUT2D eigenvalue weighted by Gasteiger charge is -2.15. The number of nitrogens with one attached hydrogen (secondary N) is 2. The number of aliphatic hydroxyl groups is 1. The monoisotopic (exact) mass is 293 g/mol. The molecule has 118 valence electrons. The van der Waals surface area contributed by atoms with Gasteiger partial charge < -0.3 is 20.6 Å². The van der Waals surface area contributed by atoms with Crippen molar-refractivity contribution >= 4 is 6.03 Å². The van der Waals surface area contributed by atoms with Gasteiger partial charge in [0, 0.05) is 25.7 Å². The lowest BCUT2D eigenvalue weighted by atomic mass is 10.1. The molecule has 0 aromatic heterocycles. The van der Waals surface area contributed by atoms with E-state index in [-0.39, 0.29) is 18.7 Å². The fraction of sp³-hybridized carbons (Fsp3) is 0.562. The van der Waals surface area contributed by atoms with E-state index in [1.165, 1.54) is 5.56 Å². The highest BCUT2D eigenvalue weighted by Gasteiger charge is 2.06. The van der Waals surface area contributed by atoms with Gasteiger partial charge in [0.15, 0.2) is 0 Å². The van der Waals surface area contributed by atoms with E-state index in [9.17, 15) is 4.79 Å². The molecule has 0 spiro atoms. The van der Waals surface area contributed by atoms with Crippen molar-refractivity contribution < 1.29 is 9.90 Å². The Kier molecular flexibility index (Phi) is 7.79. The minimum absolute atomic E-state index is 0.0669. The van der Waals surface area contributed by atoms with Crippen molar-refractivity contribution in [2.75, 3.05) is 20.7 Å². The first-order valence-corrected chi connectivity index (χ1v) is 7.39. The molecule has 0 radical (unpaired) electrons. The summed E-state index contributed by atoms with van der Waals surface area (Å²) in [5.41, 5.74) is 2.32. The van der Waals surface area contributed by atoms with Crippen LogP contribution in [0, 0.1) is 0 Å². The molecule has 0 aliphatic heterocycles. The Hall–Kier alpha value is -1.59. The van der Waals surface area contributed by atoms with Gasteiger partial charge in [-0.15, -0.1) is 0 Å². The van der Waals surface area contributed by atoms with Gasteiger partial charge in [-0.25, -0.2) is 4.79 Å². The molecule has 5 nitrogen and oxygen atoms in total. The molecule has 3 N–H and O–H groups in total. The van der Waals surface area contributed by atoms with Gasteiger partial charge >= 0.3 is 6.03 Å². The van der Waals surface area contributed by atoms with Gasteiger partial charge in [-0.1, -0.05) is 24.3 Å². The molecule has 1 aromatic carbocycles. The summed E-state index contributed by atoms with van der Waals surface area (Å²) in [6.07, 6.45) is 1.48. The van der Waals surface area contributed by atoms with Gasteiger partial charge in [-0.05, 0) is 45.0 Å². The first-order chi connectivity index (χ1) is 10.0. The van der Waals surface area contributed by atoms with E-state index in [1.807, 2.05) is 33.2 Å². The average molecular weight is 293 g/mol. The van der Waals surface area contributed by atoms with Crippen molar-refractivity contribution in [1.29, 1.82) is 0 Å². The van der Waals surface area contributed by atoms with Crippen LogP contribution in [-0.4, -0.2) is 42.8 Å². The number of amides is 2. The summed E-state index contributed by atoms with van der Waals surface area (Å²) in [7, 11) is 4.07. The van der Waals surface area contributed by atoms with Gasteiger partial charge in [0.1, 0.15) is 0 Å². The molecule has 1 aromatic rings. The third-order valence-electron chi connectivity index (χ3n) is 3.12. The summed E-state index contributed by atoms with van der Waals surface area (Å²) < 4.78 is 0. The molecule has 0 aliphatic carbocycles. The highest BCUT2D eigenvalue weighted by molar-refractivity contribution is 5.74. The second kappa shape index (κ2) is 9.37. The van der Waals surface area contributed by atoms with Gasteiger partial charge in [-0.3, -0.25) is 0 Å². The molecule has 0 heterocycles. The van der Waals surface area contributed by atoms with Crippen molar-refractivity contribution in [1.82, 2.24) is 15.5 Å². The molecule has 0 aliphatic rings.